The zero-order chi connectivity index (χ0) is 66.6. The maximum absolute atomic E-state index is 5.57. The van der Waals surface area contributed by atoms with E-state index in [2.05, 4.69) is 210 Å². The largest absolute Gasteiger partial charge is 0.242 e. The number of hydrogen-bond donors (Lipinski definition) is 0. The molecule has 11 rings (SSSR count). The quantitative estimate of drug-likeness (QED) is 0.0905. The molecular weight excluding hydrogens is 1390 g/mol. The van der Waals surface area contributed by atoms with Gasteiger partial charge in [0.25, 0.3) is 0 Å². The van der Waals surface area contributed by atoms with E-state index < -0.39 is 0 Å². The van der Waals surface area contributed by atoms with Crippen molar-refractivity contribution in [1.29, 1.82) is 0 Å². The van der Waals surface area contributed by atoms with Crippen LogP contribution in [0.25, 0.3) is 67.1 Å². The molecule has 0 aliphatic rings. The van der Waals surface area contributed by atoms with Crippen LogP contribution in [0.3, 0.4) is 0 Å². The summed E-state index contributed by atoms with van der Waals surface area (Å²) in [6.45, 7) is 13.1. The van der Waals surface area contributed by atoms with Crippen LogP contribution in [0.1, 0.15) is 143 Å². The second-order valence-corrected chi connectivity index (χ2v) is 29.3. The number of halogens is 2. The number of allylic oxidation sites excluding steroid dienone is 6. The molecule has 0 bridgehead atoms. The third kappa shape index (κ3) is 19.9. The van der Waals surface area contributed by atoms with Crippen LogP contribution in [0.5, 0.6) is 0 Å². The summed E-state index contributed by atoms with van der Waals surface area (Å²) in [7, 11) is 0. The number of hydrogen-bond acceptors (Lipinski definition) is 9. The molecule has 4 aromatic carbocycles. The lowest BCUT2D eigenvalue weighted by atomic mass is 10.00. The molecule has 0 spiro atoms. The number of fused-ring (bicyclic) bond motifs is 2. The molecule has 4 nitrogen and oxygen atoms in total. The SMILES string of the molecule is Brc1sc(Br)c2nc(-c3ccccc3)c(-c3ccccc3)nc12.C#C/C(CCC)=C(/C#Cc1cccs1)CCC.CCC/C(C#Cc1cccs1)=C(\C#Cc1sc(C#C/C(CCC)=C(/C#Cc2cccs2)CCC)c2nc(-c3ccccc3)c(-c3ccccc3)nc12)CCC. The monoisotopic (exact) mass is 1450 g/mol. The van der Waals surface area contributed by atoms with Crippen LogP contribution in [0, 0.1) is 71.5 Å². The minimum absolute atomic E-state index is 0.783. The second kappa shape index (κ2) is 37.6. The lowest BCUT2D eigenvalue weighted by Gasteiger charge is -2.09. The van der Waals surface area contributed by atoms with Crippen LogP contribution in [0.4, 0.5) is 0 Å². The summed E-state index contributed by atoms with van der Waals surface area (Å²) in [6, 6.07) is 53.3. The molecule has 0 fully saturated rings. The van der Waals surface area contributed by atoms with E-state index in [4.69, 9.17) is 26.4 Å². The van der Waals surface area contributed by atoms with E-state index in [-0.39, 0.29) is 0 Å². The Morgan fingerprint density at radius 1 is 0.326 bits per heavy atom. The maximum atomic E-state index is 5.57. The fourth-order valence-corrected chi connectivity index (χ4v) is 15.6. The zero-order valence-electron chi connectivity index (χ0n) is 54.4. The van der Waals surface area contributed by atoms with Crippen molar-refractivity contribution in [3.63, 3.8) is 0 Å². The Balaban J connectivity index is 0.000000214. The van der Waals surface area contributed by atoms with Gasteiger partial charge in [0, 0.05) is 55.7 Å². The Morgan fingerprint density at radius 3 is 0.853 bits per heavy atom. The van der Waals surface area contributed by atoms with Gasteiger partial charge in [0.15, 0.2) is 0 Å². The van der Waals surface area contributed by atoms with Gasteiger partial charge in [-0.2, -0.15) is 0 Å². The van der Waals surface area contributed by atoms with Gasteiger partial charge in [-0.25, -0.2) is 19.9 Å². The molecule has 11 heteroatoms. The van der Waals surface area contributed by atoms with Crippen LogP contribution in [0.2, 0.25) is 0 Å². The molecule has 0 radical (unpaired) electrons. The lowest BCUT2D eigenvalue weighted by Crippen LogP contribution is -1.95. The third-order valence-electron chi connectivity index (χ3n) is 14.7. The standard InChI is InChI=1S/C50H44N2S3.C18H10Br2N2S.C16H18S/c1-5-17-37(27-31-43-25-15-35-53-43)39(19-7-3)29-33-45-49-50(52-48(42-23-13-10-14-24-42)47(51-49)41-21-11-9-12-22-41)46(55-45)34-30-40(20-8-4)38(18-6-2)28-32-44-26-16-36-54-44;19-17-15-16(18(20)23-17)22-14(12-9-5-2-6-10-12)13(21-15)11-7-3-1-4-8-11;1-4-8-14(6-3)15(9-5-2)11-12-16-10-7-13-17-16/h9-16,21-26,35-36H,5-8,17-20H2,1-4H3;1-10H;3,7,10,13H,4-5,8-9H2,1-2H3/b39-37+,40-38+;;15-14-. The highest BCUT2D eigenvalue weighted by molar-refractivity contribution is 9.12. The van der Waals surface area contributed by atoms with Gasteiger partial charge in [-0.1, -0.05) is 273 Å². The molecule has 0 atom stereocenters. The molecule has 11 aromatic rings. The molecule has 0 amide bonds. The molecular formula is C84H72Br2N4S5. The Hall–Kier alpha value is -8.40. The van der Waals surface area contributed by atoms with Crippen LogP contribution in [-0.2, 0) is 0 Å². The first kappa shape index (κ1) is 70.9. The van der Waals surface area contributed by atoms with E-state index in [0.717, 1.165) is 210 Å². The van der Waals surface area contributed by atoms with Crippen molar-refractivity contribution in [3.05, 3.63) is 239 Å². The Kier molecular flexibility index (Phi) is 28.1. The fraction of sp³-hybridized carbons (Fsp3) is 0.214. The van der Waals surface area contributed by atoms with Gasteiger partial charge in [0.2, 0.25) is 0 Å². The predicted molar refractivity (Wildman–Crippen MR) is 419 cm³/mol. The summed E-state index contributed by atoms with van der Waals surface area (Å²) in [6.07, 6.45) is 17.2. The van der Waals surface area contributed by atoms with E-state index >= 15 is 0 Å². The van der Waals surface area contributed by atoms with E-state index in [1.807, 2.05) is 102 Å². The Morgan fingerprint density at radius 2 is 0.589 bits per heavy atom. The minimum atomic E-state index is 0.783. The minimum Gasteiger partial charge on any atom is -0.242 e. The van der Waals surface area contributed by atoms with Crippen LogP contribution < -0.4 is 0 Å². The lowest BCUT2D eigenvalue weighted by molar-refractivity contribution is 0.880. The van der Waals surface area contributed by atoms with Gasteiger partial charge in [0.05, 0.1) is 45.0 Å². The average Bonchev–Trinajstić information content (AvgIpc) is 1.69. The summed E-state index contributed by atoms with van der Waals surface area (Å²) >= 11 is 15.4. The summed E-state index contributed by atoms with van der Waals surface area (Å²) in [5, 5.41) is 6.18. The van der Waals surface area contributed by atoms with Crippen molar-refractivity contribution in [1.82, 2.24) is 19.9 Å². The highest BCUT2D eigenvalue weighted by atomic mass is 79.9. The molecule has 0 aliphatic carbocycles. The number of thiophene rings is 5. The van der Waals surface area contributed by atoms with Crippen molar-refractivity contribution in [2.75, 3.05) is 0 Å². The van der Waals surface area contributed by atoms with Gasteiger partial charge in [-0.05, 0) is 117 Å². The summed E-state index contributed by atoms with van der Waals surface area (Å²) in [4.78, 5) is 25.6. The van der Waals surface area contributed by atoms with Crippen molar-refractivity contribution in [2.24, 2.45) is 0 Å². The topological polar surface area (TPSA) is 51.6 Å². The predicted octanol–water partition coefficient (Wildman–Crippen LogP) is 24.9. The van der Waals surface area contributed by atoms with E-state index in [0.29, 0.717) is 0 Å². The van der Waals surface area contributed by atoms with Gasteiger partial charge in [-0.15, -0.1) is 63.1 Å². The molecule has 0 aliphatic heterocycles. The van der Waals surface area contributed by atoms with Gasteiger partial charge in [0.1, 0.15) is 31.8 Å². The van der Waals surface area contributed by atoms with E-state index in [1.54, 1.807) is 56.7 Å². The highest BCUT2D eigenvalue weighted by Crippen LogP contribution is 2.41. The average molecular weight is 1460 g/mol. The number of terminal acetylenes is 1. The molecule has 7 aromatic heterocycles. The Bertz CT molecular complexity index is 4560. The maximum Gasteiger partial charge on any atom is 0.117 e. The summed E-state index contributed by atoms with van der Waals surface area (Å²) < 4.78 is 1.98. The van der Waals surface area contributed by atoms with Crippen LogP contribution in [0.15, 0.2) is 215 Å². The number of benzene rings is 4. The first-order valence-corrected chi connectivity index (χ1v) is 38.1. The van der Waals surface area contributed by atoms with Crippen LogP contribution in [-0.4, -0.2) is 19.9 Å². The fourth-order valence-electron chi connectivity index (χ4n) is 10.2. The smallest absolute Gasteiger partial charge is 0.117 e. The third-order valence-corrected chi connectivity index (χ3v) is 20.5. The Labute approximate surface area is 599 Å². The molecule has 0 saturated carbocycles. The van der Waals surface area contributed by atoms with Gasteiger partial charge < -0.3 is 0 Å². The number of rotatable bonds is 16. The number of aromatic nitrogens is 4. The van der Waals surface area contributed by atoms with E-state index in [9.17, 15) is 0 Å². The molecule has 7 heterocycles. The van der Waals surface area contributed by atoms with Gasteiger partial charge in [-0.3, -0.25) is 0 Å². The first-order chi connectivity index (χ1) is 46.7. The molecule has 0 saturated heterocycles. The number of nitrogens with zero attached hydrogens (tertiary/aromatic N) is 4. The molecule has 472 valence electrons. The second-order valence-electron chi connectivity index (χ2n) is 21.8. The molecule has 95 heavy (non-hydrogen) atoms. The normalized spacial score (nSPS) is 11.3. The van der Waals surface area contributed by atoms with Crippen molar-refractivity contribution >= 4 is 111 Å². The van der Waals surface area contributed by atoms with Crippen molar-refractivity contribution in [3.8, 4) is 117 Å². The highest BCUT2D eigenvalue weighted by Gasteiger charge is 2.21. The van der Waals surface area contributed by atoms with E-state index in [1.165, 1.54) is 0 Å². The summed E-state index contributed by atoms with van der Waals surface area (Å²) in [5.41, 5.74) is 17.6. The van der Waals surface area contributed by atoms with Crippen LogP contribution >= 0.6 is 88.5 Å². The molecule has 0 N–H and O–H groups in total. The summed E-state index contributed by atoms with van der Waals surface area (Å²) in [5.74, 6) is 37.5. The zero-order valence-corrected chi connectivity index (χ0v) is 61.6. The van der Waals surface area contributed by atoms with Crippen molar-refractivity contribution < 1.29 is 0 Å². The molecule has 0 unspecified atom stereocenters. The van der Waals surface area contributed by atoms with Crippen molar-refractivity contribution in [2.45, 2.75) is 119 Å². The first-order valence-electron chi connectivity index (χ1n) is 32.2. The van der Waals surface area contributed by atoms with Gasteiger partial charge >= 0.3 is 0 Å².